The quantitative estimate of drug-likeness (QED) is 0.577. The summed E-state index contributed by atoms with van der Waals surface area (Å²) < 4.78 is 18.6. The van der Waals surface area contributed by atoms with Crippen LogP contribution in [0.2, 0.25) is 0 Å². The van der Waals surface area contributed by atoms with Gasteiger partial charge in [-0.05, 0) is 35.8 Å². The van der Waals surface area contributed by atoms with Crippen LogP contribution in [0.3, 0.4) is 0 Å². The number of carboxylic acid groups (broad SMARTS) is 1. The van der Waals surface area contributed by atoms with Crippen molar-refractivity contribution in [2.24, 2.45) is 0 Å². The minimum Gasteiger partial charge on any atom is -0.478 e. The Labute approximate surface area is 112 Å². The minimum absolute atomic E-state index is 0.364. The first-order valence-electron chi connectivity index (χ1n) is 6.40. The number of ether oxygens (including phenoxy) is 1. The Morgan fingerprint density at radius 1 is 1.42 bits per heavy atom. The summed E-state index contributed by atoms with van der Waals surface area (Å²) in [6.07, 6.45) is 5.63. The van der Waals surface area contributed by atoms with Crippen LogP contribution in [0, 0.1) is 5.82 Å². The summed E-state index contributed by atoms with van der Waals surface area (Å²) in [5, 5.41) is 8.60. The van der Waals surface area contributed by atoms with E-state index in [0.717, 1.165) is 30.9 Å². The van der Waals surface area contributed by atoms with E-state index in [1.54, 1.807) is 6.07 Å². The number of carboxylic acids is 1. The van der Waals surface area contributed by atoms with Gasteiger partial charge in [0.2, 0.25) is 0 Å². The summed E-state index contributed by atoms with van der Waals surface area (Å²) in [6, 6.07) is 4.28. The molecule has 4 heteroatoms. The van der Waals surface area contributed by atoms with Gasteiger partial charge < -0.3 is 9.84 Å². The second kappa shape index (κ2) is 8.43. The molecule has 1 aromatic rings. The van der Waals surface area contributed by atoms with Crippen molar-refractivity contribution in [3.05, 3.63) is 41.2 Å². The van der Waals surface area contributed by atoms with Crippen molar-refractivity contribution in [1.29, 1.82) is 0 Å². The summed E-state index contributed by atoms with van der Waals surface area (Å²) in [6.45, 7) is 3.14. The van der Waals surface area contributed by atoms with Crippen LogP contribution >= 0.6 is 0 Å². The lowest BCUT2D eigenvalue weighted by Crippen LogP contribution is -1.98. The van der Waals surface area contributed by atoms with Gasteiger partial charge in [0, 0.05) is 12.7 Å². The molecule has 1 rings (SSSR count). The number of hydrogen-bond acceptors (Lipinski definition) is 2. The maximum absolute atomic E-state index is 13.1. The van der Waals surface area contributed by atoms with Crippen molar-refractivity contribution < 1.29 is 19.0 Å². The first-order valence-corrected chi connectivity index (χ1v) is 6.40. The number of rotatable bonds is 8. The number of halogens is 1. The zero-order valence-electron chi connectivity index (χ0n) is 11.1. The van der Waals surface area contributed by atoms with E-state index in [4.69, 9.17) is 9.84 Å². The Morgan fingerprint density at radius 3 is 2.89 bits per heavy atom. The van der Waals surface area contributed by atoms with Crippen LogP contribution in [0.25, 0.3) is 6.08 Å². The summed E-state index contributed by atoms with van der Waals surface area (Å²) in [4.78, 5) is 10.5. The predicted molar refractivity (Wildman–Crippen MR) is 72.3 cm³/mol. The largest absolute Gasteiger partial charge is 0.478 e. The second-order valence-corrected chi connectivity index (χ2v) is 4.27. The van der Waals surface area contributed by atoms with Crippen molar-refractivity contribution in [1.82, 2.24) is 0 Å². The van der Waals surface area contributed by atoms with Crippen LogP contribution in [0.5, 0.6) is 0 Å². The molecule has 0 saturated heterocycles. The van der Waals surface area contributed by atoms with Gasteiger partial charge in [0.25, 0.3) is 0 Å². The molecular formula is C15H19FO3. The van der Waals surface area contributed by atoms with Crippen molar-refractivity contribution in [2.75, 3.05) is 6.61 Å². The smallest absolute Gasteiger partial charge is 0.328 e. The highest BCUT2D eigenvalue weighted by atomic mass is 19.1. The molecule has 0 aliphatic rings. The highest BCUT2D eigenvalue weighted by molar-refractivity contribution is 5.85. The third kappa shape index (κ3) is 6.15. The molecule has 1 N–H and O–H groups in total. The molecule has 1 aromatic carbocycles. The molecule has 3 nitrogen and oxygen atoms in total. The molecular weight excluding hydrogens is 247 g/mol. The third-order valence-corrected chi connectivity index (χ3v) is 2.66. The SMILES string of the molecule is CCCCCOCc1ccc(F)cc1C=CC(=O)O. The Balaban J connectivity index is 2.63. The molecule has 0 unspecified atom stereocenters. The summed E-state index contributed by atoms with van der Waals surface area (Å²) in [5.41, 5.74) is 1.33. The van der Waals surface area contributed by atoms with Crippen LogP contribution in [0.4, 0.5) is 4.39 Å². The Bertz CT molecular complexity index is 441. The zero-order valence-corrected chi connectivity index (χ0v) is 11.1. The Morgan fingerprint density at radius 2 is 2.21 bits per heavy atom. The lowest BCUT2D eigenvalue weighted by atomic mass is 10.1. The number of unbranched alkanes of at least 4 members (excludes halogenated alkanes) is 2. The average molecular weight is 266 g/mol. The molecule has 0 aliphatic carbocycles. The van der Waals surface area contributed by atoms with E-state index in [0.29, 0.717) is 18.8 Å². The van der Waals surface area contributed by atoms with Crippen LogP contribution in [-0.4, -0.2) is 17.7 Å². The van der Waals surface area contributed by atoms with Crippen molar-refractivity contribution in [2.45, 2.75) is 32.8 Å². The topological polar surface area (TPSA) is 46.5 Å². The fourth-order valence-corrected chi connectivity index (χ4v) is 1.65. The van der Waals surface area contributed by atoms with E-state index in [1.165, 1.54) is 18.2 Å². The summed E-state index contributed by atoms with van der Waals surface area (Å²) >= 11 is 0. The van der Waals surface area contributed by atoms with Gasteiger partial charge in [-0.25, -0.2) is 9.18 Å². The molecule has 0 atom stereocenters. The predicted octanol–water partition coefficient (Wildman–Crippen LogP) is 3.63. The van der Waals surface area contributed by atoms with Crippen LogP contribution < -0.4 is 0 Å². The van der Waals surface area contributed by atoms with E-state index >= 15 is 0 Å². The standard InChI is InChI=1S/C15H19FO3/c1-2-3-4-9-19-11-13-5-7-14(16)10-12(13)6-8-15(17)18/h5-8,10H,2-4,9,11H2,1H3,(H,17,18). The molecule has 0 heterocycles. The van der Waals surface area contributed by atoms with Gasteiger partial charge in [-0.2, -0.15) is 0 Å². The Kier molecular flexibility index (Phi) is 6.82. The van der Waals surface area contributed by atoms with Crippen molar-refractivity contribution in [3.8, 4) is 0 Å². The second-order valence-electron chi connectivity index (χ2n) is 4.27. The van der Waals surface area contributed by atoms with Crippen LogP contribution in [-0.2, 0) is 16.1 Å². The number of carbonyl (C=O) groups is 1. The van der Waals surface area contributed by atoms with Gasteiger partial charge >= 0.3 is 5.97 Å². The van der Waals surface area contributed by atoms with Gasteiger partial charge in [-0.3, -0.25) is 0 Å². The van der Waals surface area contributed by atoms with E-state index in [2.05, 4.69) is 6.92 Å². The van der Waals surface area contributed by atoms with Gasteiger partial charge in [-0.1, -0.05) is 25.8 Å². The van der Waals surface area contributed by atoms with Gasteiger partial charge in [0.15, 0.2) is 0 Å². The summed E-state index contributed by atoms with van der Waals surface area (Å²) in [7, 11) is 0. The van der Waals surface area contributed by atoms with Crippen molar-refractivity contribution >= 4 is 12.0 Å². The summed E-state index contributed by atoms with van der Waals surface area (Å²) in [5.74, 6) is -1.45. The normalized spacial score (nSPS) is 11.1. The fourth-order valence-electron chi connectivity index (χ4n) is 1.65. The lowest BCUT2D eigenvalue weighted by molar-refractivity contribution is -0.131. The lowest BCUT2D eigenvalue weighted by Gasteiger charge is -2.07. The first-order chi connectivity index (χ1) is 9.13. The van der Waals surface area contributed by atoms with Gasteiger partial charge in [0.05, 0.1) is 6.61 Å². The molecule has 0 saturated carbocycles. The molecule has 104 valence electrons. The molecule has 19 heavy (non-hydrogen) atoms. The maximum atomic E-state index is 13.1. The maximum Gasteiger partial charge on any atom is 0.328 e. The molecule has 0 fully saturated rings. The zero-order chi connectivity index (χ0) is 14.1. The number of aliphatic carboxylic acids is 1. The molecule has 0 aliphatic heterocycles. The van der Waals surface area contributed by atoms with E-state index in [9.17, 15) is 9.18 Å². The Hall–Kier alpha value is -1.68. The van der Waals surface area contributed by atoms with E-state index < -0.39 is 5.97 Å². The van der Waals surface area contributed by atoms with Gasteiger partial charge in [-0.15, -0.1) is 0 Å². The first kappa shape index (κ1) is 15.4. The highest BCUT2D eigenvalue weighted by Crippen LogP contribution is 2.15. The van der Waals surface area contributed by atoms with E-state index in [1.807, 2.05) is 0 Å². The molecule has 0 aromatic heterocycles. The average Bonchev–Trinajstić information content (AvgIpc) is 2.38. The minimum atomic E-state index is -1.06. The fraction of sp³-hybridized carbons (Fsp3) is 0.400. The molecule has 0 spiro atoms. The highest BCUT2D eigenvalue weighted by Gasteiger charge is 2.03. The molecule has 0 bridgehead atoms. The van der Waals surface area contributed by atoms with E-state index in [-0.39, 0.29) is 5.82 Å². The molecule has 0 amide bonds. The number of benzene rings is 1. The van der Waals surface area contributed by atoms with Crippen molar-refractivity contribution in [3.63, 3.8) is 0 Å². The molecule has 0 radical (unpaired) electrons. The third-order valence-electron chi connectivity index (χ3n) is 2.66. The number of hydrogen-bond donors (Lipinski definition) is 1. The monoisotopic (exact) mass is 266 g/mol. The van der Waals surface area contributed by atoms with Gasteiger partial charge in [0.1, 0.15) is 5.82 Å². The van der Waals surface area contributed by atoms with Crippen LogP contribution in [0.1, 0.15) is 37.3 Å². The van der Waals surface area contributed by atoms with Crippen LogP contribution in [0.15, 0.2) is 24.3 Å².